The van der Waals surface area contributed by atoms with Crippen LogP contribution in [0.4, 0.5) is 4.39 Å². The lowest BCUT2D eigenvalue weighted by atomic mass is 10.1. The van der Waals surface area contributed by atoms with E-state index >= 15 is 0 Å². The first-order chi connectivity index (χ1) is 7.66. The molecule has 0 radical (unpaired) electrons. The zero-order chi connectivity index (χ0) is 11.5. The highest BCUT2D eigenvalue weighted by Gasteiger charge is 2.11. The van der Waals surface area contributed by atoms with Crippen molar-refractivity contribution in [3.8, 4) is 0 Å². The number of halogens is 1. The summed E-state index contributed by atoms with van der Waals surface area (Å²) < 4.78 is 13.1. The second kappa shape index (κ2) is 4.40. The van der Waals surface area contributed by atoms with Gasteiger partial charge in [-0.1, -0.05) is 6.07 Å². The Labute approximate surface area is 95.2 Å². The van der Waals surface area contributed by atoms with Crippen molar-refractivity contribution < 1.29 is 14.3 Å². The summed E-state index contributed by atoms with van der Waals surface area (Å²) in [6.07, 6.45) is 2.21. The van der Waals surface area contributed by atoms with E-state index in [-0.39, 0.29) is 5.56 Å². The lowest BCUT2D eigenvalue weighted by Crippen LogP contribution is -2.01. The Kier molecular flexibility index (Phi) is 2.96. The summed E-state index contributed by atoms with van der Waals surface area (Å²) in [4.78, 5) is 14.8. The zero-order valence-corrected chi connectivity index (χ0v) is 9.00. The van der Waals surface area contributed by atoms with Crippen LogP contribution in [0.3, 0.4) is 0 Å². The van der Waals surface area contributed by atoms with E-state index < -0.39 is 11.8 Å². The molecule has 0 aliphatic heterocycles. The minimum atomic E-state index is -1.25. The van der Waals surface area contributed by atoms with Gasteiger partial charge < -0.3 is 5.11 Å². The molecule has 0 bridgehead atoms. The third kappa shape index (κ3) is 2.25. The van der Waals surface area contributed by atoms with Gasteiger partial charge in [0.15, 0.2) is 0 Å². The first-order valence-corrected chi connectivity index (χ1v) is 5.45. The molecule has 2 aromatic rings. The van der Waals surface area contributed by atoms with E-state index in [4.69, 9.17) is 5.11 Å². The third-order valence-corrected chi connectivity index (χ3v) is 2.88. The summed E-state index contributed by atoms with van der Waals surface area (Å²) in [5.74, 6) is -1.96. The van der Waals surface area contributed by atoms with Gasteiger partial charge in [-0.15, -0.1) is 11.3 Å². The van der Waals surface area contributed by atoms with E-state index in [1.807, 2.05) is 5.38 Å². The molecule has 3 nitrogen and oxygen atoms in total. The number of hydrogen-bond acceptors (Lipinski definition) is 3. The average Bonchev–Trinajstić information content (AvgIpc) is 2.73. The van der Waals surface area contributed by atoms with E-state index in [2.05, 4.69) is 4.98 Å². The van der Waals surface area contributed by atoms with Crippen molar-refractivity contribution in [2.75, 3.05) is 0 Å². The van der Waals surface area contributed by atoms with E-state index in [1.54, 1.807) is 12.3 Å². The van der Waals surface area contributed by atoms with Crippen LogP contribution in [0, 0.1) is 5.82 Å². The quantitative estimate of drug-likeness (QED) is 0.892. The second-order valence-corrected chi connectivity index (χ2v) is 4.20. The molecule has 0 unspecified atom stereocenters. The molecule has 82 valence electrons. The minimum Gasteiger partial charge on any atom is -0.478 e. The molecule has 1 N–H and O–H groups in total. The van der Waals surface area contributed by atoms with E-state index in [9.17, 15) is 9.18 Å². The number of carboxylic acids is 1. The van der Waals surface area contributed by atoms with Gasteiger partial charge in [0.1, 0.15) is 5.82 Å². The number of thiazole rings is 1. The molecule has 0 atom stereocenters. The molecule has 0 amide bonds. The first-order valence-electron chi connectivity index (χ1n) is 4.57. The number of aromatic nitrogens is 1. The van der Waals surface area contributed by atoms with Crippen molar-refractivity contribution in [3.05, 3.63) is 51.7 Å². The standard InChI is InChI=1S/C11H8FNO2S/c12-9-2-1-7(5-8(9)11(14)15)6-10-13-3-4-16-10/h1-5H,6H2,(H,14,15). The summed E-state index contributed by atoms with van der Waals surface area (Å²) in [5, 5.41) is 11.5. The molecule has 0 aliphatic carbocycles. The molecule has 0 saturated carbocycles. The highest BCUT2D eigenvalue weighted by molar-refractivity contribution is 7.09. The van der Waals surface area contributed by atoms with Gasteiger partial charge in [-0.2, -0.15) is 0 Å². The number of nitrogens with zero attached hydrogens (tertiary/aromatic N) is 1. The fraction of sp³-hybridized carbons (Fsp3) is 0.0909. The Morgan fingerprint density at radius 1 is 1.50 bits per heavy atom. The summed E-state index contributed by atoms with van der Waals surface area (Å²) in [6.45, 7) is 0. The summed E-state index contributed by atoms with van der Waals surface area (Å²) >= 11 is 1.48. The van der Waals surface area contributed by atoms with Crippen molar-refractivity contribution >= 4 is 17.3 Å². The number of hydrogen-bond donors (Lipinski definition) is 1. The Bertz CT molecular complexity index is 511. The highest BCUT2D eigenvalue weighted by Crippen LogP contribution is 2.15. The van der Waals surface area contributed by atoms with Gasteiger partial charge in [-0.05, 0) is 17.7 Å². The predicted molar refractivity (Wildman–Crippen MR) is 58.3 cm³/mol. The number of carboxylic acid groups (broad SMARTS) is 1. The number of rotatable bonds is 3. The lowest BCUT2D eigenvalue weighted by molar-refractivity contribution is 0.0692. The van der Waals surface area contributed by atoms with Crippen LogP contribution in [0.2, 0.25) is 0 Å². The summed E-state index contributed by atoms with van der Waals surface area (Å²) in [5.41, 5.74) is 0.447. The third-order valence-electron chi connectivity index (χ3n) is 2.10. The molecular formula is C11H8FNO2S. The molecule has 0 saturated heterocycles. The van der Waals surface area contributed by atoms with Crippen LogP contribution >= 0.6 is 11.3 Å². The van der Waals surface area contributed by atoms with Gasteiger partial charge in [0.2, 0.25) is 0 Å². The smallest absolute Gasteiger partial charge is 0.338 e. The Morgan fingerprint density at radius 3 is 2.94 bits per heavy atom. The van der Waals surface area contributed by atoms with Crippen molar-refractivity contribution in [2.24, 2.45) is 0 Å². The minimum absolute atomic E-state index is 0.297. The van der Waals surface area contributed by atoms with Crippen LogP contribution in [0.1, 0.15) is 20.9 Å². The normalized spacial score (nSPS) is 10.3. The van der Waals surface area contributed by atoms with Gasteiger partial charge in [0.25, 0.3) is 0 Å². The maximum Gasteiger partial charge on any atom is 0.338 e. The topological polar surface area (TPSA) is 50.2 Å². The number of benzene rings is 1. The Morgan fingerprint density at radius 2 is 2.31 bits per heavy atom. The van der Waals surface area contributed by atoms with Crippen molar-refractivity contribution in [1.82, 2.24) is 4.98 Å². The van der Waals surface area contributed by atoms with Crippen molar-refractivity contribution in [1.29, 1.82) is 0 Å². The monoisotopic (exact) mass is 237 g/mol. The molecule has 1 heterocycles. The molecule has 0 spiro atoms. The molecule has 1 aromatic heterocycles. The largest absolute Gasteiger partial charge is 0.478 e. The Hall–Kier alpha value is -1.75. The molecule has 16 heavy (non-hydrogen) atoms. The van der Waals surface area contributed by atoms with Gasteiger partial charge in [0, 0.05) is 18.0 Å². The summed E-state index contributed by atoms with van der Waals surface area (Å²) in [7, 11) is 0. The van der Waals surface area contributed by atoms with Gasteiger partial charge in [-0.3, -0.25) is 0 Å². The highest BCUT2D eigenvalue weighted by atomic mass is 32.1. The first kappa shape index (κ1) is 10.8. The molecule has 1 aromatic carbocycles. The number of aromatic carboxylic acids is 1. The Balaban J connectivity index is 2.29. The van der Waals surface area contributed by atoms with Crippen LogP contribution in [0.25, 0.3) is 0 Å². The molecule has 0 aliphatic rings. The van der Waals surface area contributed by atoms with E-state index in [1.165, 1.54) is 23.5 Å². The average molecular weight is 237 g/mol. The van der Waals surface area contributed by atoms with Gasteiger partial charge in [-0.25, -0.2) is 14.2 Å². The fourth-order valence-corrected chi connectivity index (χ4v) is 2.01. The lowest BCUT2D eigenvalue weighted by Gasteiger charge is -2.01. The van der Waals surface area contributed by atoms with Crippen LogP contribution in [-0.2, 0) is 6.42 Å². The maximum atomic E-state index is 13.1. The summed E-state index contributed by atoms with van der Waals surface area (Å²) in [6, 6.07) is 4.09. The molecule has 2 rings (SSSR count). The maximum absolute atomic E-state index is 13.1. The zero-order valence-electron chi connectivity index (χ0n) is 8.18. The van der Waals surface area contributed by atoms with Crippen LogP contribution in [0.15, 0.2) is 29.8 Å². The molecular weight excluding hydrogens is 229 g/mol. The van der Waals surface area contributed by atoms with Crippen LogP contribution in [0.5, 0.6) is 0 Å². The second-order valence-electron chi connectivity index (χ2n) is 3.22. The predicted octanol–water partition coefficient (Wildman–Crippen LogP) is 2.57. The molecule has 0 fully saturated rings. The van der Waals surface area contributed by atoms with Crippen LogP contribution < -0.4 is 0 Å². The van der Waals surface area contributed by atoms with Crippen LogP contribution in [-0.4, -0.2) is 16.1 Å². The molecule has 5 heteroatoms. The van der Waals surface area contributed by atoms with Crippen molar-refractivity contribution in [2.45, 2.75) is 6.42 Å². The van der Waals surface area contributed by atoms with E-state index in [0.717, 1.165) is 10.6 Å². The van der Waals surface area contributed by atoms with Crippen molar-refractivity contribution in [3.63, 3.8) is 0 Å². The van der Waals surface area contributed by atoms with E-state index in [0.29, 0.717) is 6.42 Å². The van der Waals surface area contributed by atoms with Gasteiger partial charge >= 0.3 is 5.97 Å². The fourth-order valence-electron chi connectivity index (χ4n) is 1.36. The SMILES string of the molecule is O=C(O)c1cc(Cc2nccs2)ccc1F. The van der Waals surface area contributed by atoms with Gasteiger partial charge in [0.05, 0.1) is 10.6 Å². The number of carbonyl (C=O) groups is 1.